The van der Waals surface area contributed by atoms with Gasteiger partial charge in [-0.05, 0) is 47.9 Å². The molecule has 1 amide bonds. The molecule has 4 rings (SSSR count). The standard InChI is InChI=1S/C24H22N4O2S/c1-17-27-21(16-31-17)15-30-22-4-2-3-18(13-22)7-10-24(29)25-14-19-5-8-20(9-6-19)23-11-12-26-28-23/h2-13,16H,14-15H2,1H3,(H,25,29)(H,26,28)/b10-7+. The molecule has 0 saturated heterocycles. The number of aryl methyl sites for hydroxylation is 1. The van der Waals surface area contributed by atoms with Gasteiger partial charge in [-0.3, -0.25) is 9.89 Å². The third-order valence-corrected chi connectivity index (χ3v) is 5.39. The van der Waals surface area contributed by atoms with Gasteiger partial charge in [0.05, 0.1) is 16.4 Å². The highest BCUT2D eigenvalue weighted by molar-refractivity contribution is 7.09. The van der Waals surface area contributed by atoms with Crippen molar-refractivity contribution in [3.63, 3.8) is 0 Å². The van der Waals surface area contributed by atoms with E-state index < -0.39 is 0 Å². The number of H-pyrrole nitrogens is 1. The second-order valence-electron chi connectivity index (χ2n) is 6.94. The van der Waals surface area contributed by atoms with Crippen LogP contribution in [0.1, 0.15) is 21.8 Å². The zero-order valence-corrected chi connectivity index (χ0v) is 17.9. The molecule has 0 atom stereocenters. The number of nitrogens with zero attached hydrogens (tertiary/aromatic N) is 2. The molecule has 31 heavy (non-hydrogen) atoms. The Labute approximate surface area is 184 Å². The van der Waals surface area contributed by atoms with Gasteiger partial charge in [-0.15, -0.1) is 11.3 Å². The van der Waals surface area contributed by atoms with Gasteiger partial charge in [-0.25, -0.2) is 4.98 Å². The van der Waals surface area contributed by atoms with Crippen LogP contribution in [0.4, 0.5) is 0 Å². The fraction of sp³-hybridized carbons (Fsp3) is 0.125. The molecule has 0 saturated carbocycles. The highest BCUT2D eigenvalue weighted by atomic mass is 32.1. The lowest BCUT2D eigenvalue weighted by atomic mass is 10.1. The third kappa shape index (κ3) is 5.90. The molecule has 7 heteroatoms. The van der Waals surface area contributed by atoms with E-state index >= 15 is 0 Å². The minimum Gasteiger partial charge on any atom is -0.487 e. The SMILES string of the molecule is Cc1nc(COc2cccc(/C=C/C(=O)NCc3ccc(-c4ccn[nH]4)cc3)c2)cs1. The summed E-state index contributed by atoms with van der Waals surface area (Å²) >= 11 is 1.61. The number of nitrogens with one attached hydrogen (secondary N) is 2. The second-order valence-corrected chi connectivity index (χ2v) is 8.00. The lowest BCUT2D eigenvalue weighted by molar-refractivity contribution is -0.116. The Bertz CT molecular complexity index is 1160. The van der Waals surface area contributed by atoms with Crippen molar-refractivity contribution in [2.45, 2.75) is 20.1 Å². The summed E-state index contributed by atoms with van der Waals surface area (Å²) in [6.07, 6.45) is 5.03. The maximum absolute atomic E-state index is 12.2. The van der Waals surface area contributed by atoms with Crippen LogP contribution in [-0.4, -0.2) is 21.1 Å². The van der Waals surface area contributed by atoms with E-state index in [1.807, 2.05) is 66.9 Å². The van der Waals surface area contributed by atoms with Crippen molar-refractivity contribution in [1.29, 1.82) is 0 Å². The Morgan fingerprint density at radius 2 is 2.06 bits per heavy atom. The number of benzene rings is 2. The van der Waals surface area contributed by atoms with Crippen molar-refractivity contribution in [2.75, 3.05) is 0 Å². The number of rotatable bonds is 8. The molecule has 0 spiro atoms. The zero-order chi connectivity index (χ0) is 21.5. The number of hydrogen-bond donors (Lipinski definition) is 2. The lowest BCUT2D eigenvalue weighted by Gasteiger charge is -2.05. The van der Waals surface area contributed by atoms with Gasteiger partial charge in [0.15, 0.2) is 0 Å². The summed E-state index contributed by atoms with van der Waals surface area (Å²) in [6, 6.07) is 17.5. The molecule has 2 aromatic carbocycles. The van der Waals surface area contributed by atoms with Crippen LogP contribution in [0, 0.1) is 6.92 Å². The van der Waals surface area contributed by atoms with Crippen LogP contribution in [-0.2, 0) is 17.9 Å². The second kappa shape index (κ2) is 9.86. The van der Waals surface area contributed by atoms with Crippen molar-refractivity contribution in [1.82, 2.24) is 20.5 Å². The first-order valence-electron chi connectivity index (χ1n) is 9.84. The first-order chi connectivity index (χ1) is 15.2. The molecule has 0 radical (unpaired) electrons. The summed E-state index contributed by atoms with van der Waals surface area (Å²) in [5, 5.41) is 12.8. The predicted octanol–water partition coefficient (Wildman–Crippen LogP) is 4.75. The van der Waals surface area contributed by atoms with Gasteiger partial charge < -0.3 is 10.1 Å². The van der Waals surface area contributed by atoms with Crippen LogP contribution in [0.15, 0.2) is 72.3 Å². The van der Waals surface area contributed by atoms with Crippen LogP contribution in [0.2, 0.25) is 0 Å². The Morgan fingerprint density at radius 1 is 1.19 bits per heavy atom. The summed E-state index contributed by atoms with van der Waals surface area (Å²) in [7, 11) is 0. The molecular formula is C24H22N4O2S. The minimum atomic E-state index is -0.151. The largest absolute Gasteiger partial charge is 0.487 e. The van der Waals surface area contributed by atoms with E-state index in [9.17, 15) is 4.79 Å². The smallest absolute Gasteiger partial charge is 0.244 e. The van der Waals surface area contributed by atoms with Gasteiger partial charge >= 0.3 is 0 Å². The molecule has 156 valence electrons. The summed E-state index contributed by atoms with van der Waals surface area (Å²) in [4.78, 5) is 16.6. The van der Waals surface area contributed by atoms with Crippen molar-refractivity contribution in [2.24, 2.45) is 0 Å². The van der Waals surface area contributed by atoms with E-state index in [0.29, 0.717) is 13.2 Å². The molecule has 0 aliphatic carbocycles. The molecule has 0 unspecified atom stereocenters. The fourth-order valence-corrected chi connectivity index (χ4v) is 3.58. The third-order valence-electron chi connectivity index (χ3n) is 4.57. The molecule has 2 heterocycles. The number of aromatic nitrogens is 3. The van der Waals surface area contributed by atoms with E-state index in [0.717, 1.165) is 38.8 Å². The summed E-state index contributed by atoms with van der Waals surface area (Å²) in [5.74, 6) is 0.590. The highest BCUT2D eigenvalue weighted by Crippen LogP contribution is 2.18. The quantitative estimate of drug-likeness (QED) is 0.395. The van der Waals surface area contributed by atoms with Gasteiger partial charge in [0.2, 0.25) is 5.91 Å². The van der Waals surface area contributed by atoms with Gasteiger partial charge in [-0.2, -0.15) is 5.10 Å². The van der Waals surface area contributed by atoms with Gasteiger partial charge in [0, 0.05) is 24.2 Å². The van der Waals surface area contributed by atoms with Crippen LogP contribution in [0.5, 0.6) is 5.75 Å². The monoisotopic (exact) mass is 430 g/mol. The number of thiazole rings is 1. The van der Waals surface area contributed by atoms with E-state index in [1.165, 1.54) is 6.08 Å². The molecule has 0 aliphatic heterocycles. The van der Waals surface area contributed by atoms with Crippen molar-refractivity contribution in [3.05, 3.63) is 94.1 Å². The number of carbonyl (C=O) groups is 1. The fourth-order valence-electron chi connectivity index (χ4n) is 2.98. The number of carbonyl (C=O) groups excluding carboxylic acids is 1. The van der Waals surface area contributed by atoms with Crippen LogP contribution < -0.4 is 10.1 Å². The summed E-state index contributed by atoms with van der Waals surface area (Å²) in [5.41, 5.74) is 4.86. The molecule has 4 aromatic rings. The number of ether oxygens (including phenoxy) is 1. The zero-order valence-electron chi connectivity index (χ0n) is 17.0. The molecule has 6 nitrogen and oxygen atoms in total. The average molecular weight is 431 g/mol. The molecular weight excluding hydrogens is 408 g/mol. The maximum Gasteiger partial charge on any atom is 0.244 e. The normalized spacial score (nSPS) is 11.0. The molecule has 2 N–H and O–H groups in total. The topological polar surface area (TPSA) is 79.9 Å². The summed E-state index contributed by atoms with van der Waals surface area (Å²) < 4.78 is 5.80. The van der Waals surface area contributed by atoms with E-state index in [2.05, 4.69) is 20.5 Å². The predicted molar refractivity (Wildman–Crippen MR) is 123 cm³/mol. The Hall–Kier alpha value is -3.71. The van der Waals surface area contributed by atoms with Crippen LogP contribution >= 0.6 is 11.3 Å². The Morgan fingerprint density at radius 3 is 2.81 bits per heavy atom. The van der Waals surface area contributed by atoms with Crippen molar-refractivity contribution >= 4 is 23.3 Å². The highest BCUT2D eigenvalue weighted by Gasteiger charge is 2.02. The minimum absolute atomic E-state index is 0.151. The maximum atomic E-state index is 12.2. The van der Waals surface area contributed by atoms with Gasteiger partial charge in [0.1, 0.15) is 12.4 Å². The van der Waals surface area contributed by atoms with E-state index in [1.54, 1.807) is 23.6 Å². The molecule has 0 aliphatic rings. The number of hydrogen-bond acceptors (Lipinski definition) is 5. The Kier molecular flexibility index (Phi) is 6.54. The van der Waals surface area contributed by atoms with Gasteiger partial charge in [0.25, 0.3) is 0 Å². The lowest BCUT2D eigenvalue weighted by Crippen LogP contribution is -2.20. The van der Waals surface area contributed by atoms with Crippen LogP contribution in [0.25, 0.3) is 17.3 Å². The van der Waals surface area contributed by atoms with Gasteiger partial charge in [-0.1, -0.05) is 36.4 Å². The van der Waals surface area contributed by atoms with E-state index in [-0.39, 0.29) is 5.91 Å². The molecule has 0 bridgehead atoms. The number of amides is 1. The van der Waals surface area contributed by atoms with E-state index in [4.69, 9.17) is 4.74 Å². The first-order valence-corrected chi connectivity index (χ1v) is 10.7. The molecule has 0 fully saturated rings. The first kappa shape index (κ1) is 20.6. The Balaban J connectivity index is 1.27. The average Bonchev–Trinajstić information content (AvgIpc) is 3.47. The summed E-state index contributed by atoms with van der Waals surface area (Å²) in [6.45, 7) is 2.86. The molecule has 2 aromatic heterocycles. The number of aromatic amines is 1. The van der Waals surface area contributed by atoms with Crippen LogP contribution in [0.3, 0.4) is 0 Å². The van der Waals surface area contributed by atoms with Crippen molar-refractivity contribution in [3.8, 4) is 17.0 Å². The van der Waals surface area contributed by atoms with Crippen molar-refractivity contribution < 1.29 is 9.53 Å².